The van der Waals surface area contributed by atoms with Gasteiger partial charge >= 0.3 is 0 Å². The van der Waals surface area contributed by atoms with Crippen LogP contribution >= 0.6 is 0 Å². The molecular weight excluding hydrogens is 432 g/mol. The second kappa shape index (κ2) is 10.9. The summed E-state index contributed by atoms with van der Waals surface area (Å²) in [6, 6.07) is 35.0. The summed E-state index contributed by atoms with van der Waals surface area (Å²) in [6.45, 7) is 4.22. The average molecular weight is 463 g/mol. The fourth-order valence-corrected chi connectivity index (χ4v) is 4.34. The van der Waals surface area contributed by atoms with Crippen LogP contribution in [0.5, 0.6) is 0 Å². The molecular formula is C36H30. The summed E-state index contributed by atoms with van der Waals surface area (Å²) in [7, 11) is 0. The lowest BCUT2D eigenvalue weighted by Gasteiger charge is -2.06. The zero-order chi connectivity index (χ0) is 24.7. The lowest BCUT2D eigenvalue weighted by molar-refractivity contribution is 1.46. The van der Waals surface area contributed by atoms with Crippen LogP contribution < -0.4 is 0 Å². The Bertz CT molecular complexity index is 1480. The first-order valence-corrected chi connectivity index (χ1v) is 12.4. The monoisotopic (exact) mass is 462 g/mol. The summed E-state index contributed by atoms with van der Waals surface area (Å²) in [5, 5.41) is 5.09. The first-order valence-electron chi connectivity index (χ1n) is 12.4. The van der Waals surface area contributed by atoms with Gasteiger partial charge in [-0.3, -0.25) is 0 Å². The molecule has 0 unspecified atom stereocenters. The van der Waals surface area contributed by atoms with Crippen molar-refractivity contribution >= 4 is 45.8 Å². The molecule has 0 bridgehead atoms. The summed E-state index contributed by atoms with van der Waals surface area (Å²) < 4.78 is 0. The zero-order valence-electron chi connectivity index (χ0n) is 20.9. The van der Waals surface area contributed by atoms with Crippen LogP contribution in [0.15, 0.2) is 121 Å². The highest BCUT2D eigenvalue weighted by atomic mass is 14.1. The predicted octanol–water partition coefficient (Wildman–Crippen LogP) is 10.1. The highest BCUT2D eigenvalue weighted by Gasteiger charge is 2.02. The standard InChI is InChI=1S/C36H30/c1-27-11-15-29(16-12-27)7-3-5-9-31-19-23-35-33(25-31)21-22-34-26-32(20-24-36(34)35)10-6-4-8-30-17-13-28(2)14-18-30/h3-26H,1-2H3. The molecule has 5 rings (SSSR count). The van der Waals surface area contributed by atoms with Crippen molar-refractivity contribution in [2.24, 2.45) is 0 Å². The van der Waals surface area contributed by atoms with E-state index in [-0.39, 0.29) is 0 Å². The smallest absolute Gasteiger partial charge is 0.0105 e. The Labute approximate surface area is 214 Å². The van der Waals surface area contributed by atoms with Gasteiger partial charge in [-0.2, -0.15) is 0 Å². The molecule has 0 N–H and O–H groups in total. The van der Waals surface area contributed by atoms with Crippen LogP contribution in [0.2, 0.25) is 0 Å². The third-order valence-electron chi connectivity index (χ3n) is 6.42. The second-order valence-electron chi connectivity index (χ2n) is 9.28. The van der Waals surface area contributed by atoms with Crippen molar-refractivity contribution in [2.45, 2.75) is 13.8 Å². The van der Waals surface area contributed by atoms with Gasteiger partial charge in [0, 0.05) is 0 Å². The molecule has 0 amide bonds. The van der Waals surface area contributed by atoms with Gasteiger partial charge < -0.3 is 0 Å². The van der Waals surface area contributed by atoms with Crippen LogP contribution in [0.3, 0.4) is 0 Å². The fourth-order valence-electron chi connectivity index (χ4n) is 4.34. The topological polar surface area (TPSA) is 0 Å². The summed E-state index contributed by atoms with van der Waals surface area (Å²) >= 11 is 0. The van der Waals surface area contributed by atoms with Crippen molar-refractivity contribution in [1.29, 1.82) is 0 Å². The highest BCUT2D eigenvalue weighted by Crippen LogP contribution is 2.28. The van der Waals surface area contributed by atoms with Crippen molar-refractivity contribution in [1.82, 2.24) is 0 Å². The van der Waals surface area contributed by atoms with Crippen LogP contribution in [-0.4, -0.2) is 0 Å². The van der Waals surface area contributed by atoms with Gasteiger partial charge in [0.15, 0.2) is 0 Å². The van der Waals surface area contributed by atoms with E-state index in [1.165, 1.54) is 54.9 Å². The number of hydrogen-bond acceptors (Lipinski definition) is 0. The number of aryl methyl sites for hydroxylation is 2. The molecule has 5 aromatic rings. The highest BCUT2D eigenvalue weighted by molar-refractivity contribution is 6.08. The van der Waals surface area contributed by atoms with Crippen LogP contribution in [0.1, 0.15) is 33.4 Å². The van der Waals surface area contributed by atoms with Gasteiger partial charge in [0.1, 0.15) is 0 Å². The van der Waals surface area contributed by atoms with E-state index in [0.29, 0.717) is 0 Å². The summed E-state index contributed by atoms with van der Waals surface area (Å²) in [6.07, 6.45) is 17.0. The van der Waals surface area contributed by atoms with Crippen LogP contribution in [0.4, 0.5) is 0 Å². The Balaban J connectivity index is 1.30. The largest absolute Gasteiger partial charge is 0.0617 e. The summed E-state index contributed by atoms with van der Waals surface area (Å²) in [4.78, 5) is 0. The molecule has 0 fully saturated rings. The van der Waals surface area contributed by atoms with Crippen molar-refractivity contribution in [3.05, 3.63) is 155 Å². The Morgan fingerprint density at radius 2 is 0.694 bits per heavy atom. The molecule has 0 spiro atoms. The number of allylic oxidation sites excluding steroid dienone is 4. The molecule has 0 saturated carbocycles. The lowest BCUT2D eigenvalue weighted by Crippen LogP contribution is -1.81. The molecule has 0 aliphatic carbocycles. The van der Waals surface area contributed by atoms with Gasteiger partial charge in [-0.25, -0.2) is 0 Å². The zero-order valence-corrected chi connectivity index (χ0v) is 20.9. The normalized spacial score (nSPS) is 12.3. The van der Waals surface area contributed by atoms with E-state index in [4.69, 9.17) is 0 Å². The first kappa shape index (κ1) is 23.3. The van der Waals surface area contributed by atoms with Gasteiger partial charge in [-0.15, -0.1) is 0 Å². The van der Waals surface area contributed by atoms with Crippen LogP contribution in [0.25, 0.3) is 45.8 Å². The minimum Gasteiger partial charge on any atom is -0.0617 e. The Morgan fingerprint density at radius 1 is 0.361 bits per heavy atom. The van der Waals surface area contributed by atoms with E-state index >= 15 is 0 Å². The molecule has 0 heteroatoms. The molecule has 0 aliphatic heterocycles. The van der Waals surface area contributed by atoms with Crippen molar-refractivity contribution < 1.29 is 0 Å². The van der Waals surface area contributed by atoms with Crippen molar-refractivity contribution in [3.8, 4) is 0 Å². The predicted molar refractivity (Wildman–Crippen MR) is 160 cm³/mol. The molecule has 0 aliphatic rings. The minimum atomic E-state index is 1.20. The molecule has 0 aromatic heterocycles. The Hall–Kier alpha value is -4.42. The molecule has 174 valence electrons. The molecule has 0 heterocycles. The van der Waals surface area contributed by atoms with E-state index in [0.717, 1.165) is 0 Å². The van der Waals surface area contributed by atoms with Crippen molar-refractivity contribution in [3.63, 3.8) is 0 Å². The molecule has 0 saturated heterocycles. The quantitative estimate of drug-likeness (QED) is 0.174. The molecule has 5 aromatic carbocycles. The molecule has 0 nitrogen and oxygen atoms in total. The van der Waals surface area contributed by atoms with E-state index in [1.54, 1.807) is 0 Å². The van der Waals surface area contributed by atoms with Gasteiger partial charge in [-0.1, -0.05) is 145 Å². The average Bonchev–Trinajstić information content (AvgIpc) is 2.91. The van der Waals surface area contributed by atoms with Gasteiger partial charge in [-0.05, 0) is 69.8 Å². The number of rotatable bonds is 6. The third kappa shape index (κ3) is 5.79. The maximum absolute atomic E-state index is 2.26. The van der Waals surface area contributed by atoms with Gasteiger partial charge in [0.25, 0.3) is 0 Å². The maximum Gasteiger partial charge on any atom is -0.0105 e. The fraction of sp³-hybridized carbons (Fsp3) is 0.0556. The third-order valence-corrected chi connectivity index (χ3v) is 6.42. The molecule has 0 radical (unpaired) electrons. The Morgan fingerprint density at radius 3 is 1.08 bits per heavy atom. The number of benzene rings is 5. The summed E-state index contributed by atoms with van der Waals surface area (Å²) in [5.74, 6) is 0. The van der Waals surface area contributed by atoms with Crippen molar-refractivity contribution in [2.75, 3.05) is 0 Å². The van der Waals surface area contributed by atoms with Crippen LogP contribution in [0, 0.1) is 13.8 Å². The number of hydrogen-bond donors (Lipinski definition) is 0. The SMILES string of the molecule is Cc1ccc(C=CC=Cc2ccc3c(ccc4cc(C=CC=Cc5ccc(C)cc5)ccc43)c2)cc1. The van der Waals surface area contributed by atoms with E-state index in [2.05, 4.69) is 160 Å². The van der Waals surface area contributed by atoms with E-state index in [9.17, 15) is 0 Å². The van der Waals surface area contributed by atoms with Gasteiger partial charge in [0.2, 0.25) is 0 Å². The Kier molecular flexibility index (Phi) is 7.05. The second-order valence-corrected chi connectivity index (χ2v) is 9.28. The maximum atomic E-state index is 2.26. The lowest BCUT2D eigenvalue weighted by atomic mass is 9.98. The molecule has 0 atom stereocenters. The van der Waals surface area contributed by atoms with Gasteiger partial charge in [0.05, 0.1) is 0 Å². The summed E-state index contributed by atoms with van der Waals surface area (Å²) in [5.41, 5.74) is 7.40. The van der Waals surface area contributed by atoms with E-state index in [1.807, 2.05) is 0 Å². The van der Waals surface area contributed by atoms with E-state index < -0.39 is 0 Å². The minimum absolute atomic E-state index is 1.20. The molecule has 36 heavy (non-hydrogen) atoms. The van der Waals surface area contributed by atoms with Crippen LogP contribution in [-0.2, 0) is 0 Å². The number of fused-ring (bicyclic) bond motifs is 3. The first-order chi connectivity index (χ1) is 17.6.